The van der Waals surface area contributed by atoms with Crippen LogP contribution in [0.25, 0.3) is 0 Å². The van der Waals surface area contributed by atoms with Crippen molar-refractivity contribution in [3.8, 4) is 5.75 Å². The monoisotopic (exact) mass is 399 g/mol. The summed E-state index contributed by atoms with van der Waals surface area (Å²) in [6, 6.07) is 2.92. The molecule has 142 valence electrons. The lowest BCUT2D eigenvalue weighted by molar-refractivity contribution is -0.116. The summed E-state index contributed by atoms with van der Waals surface area (Å²) in [5.41, 5.74) is -0.0879. The second-order valence-corrected chi connectivity index (χ2v) is 9.11. The topological polar surface area (TPSA) is 93.0 Å². The van der Waals surface area contributed by atoms with E-state index in [-0.39, 0.29) is 46.2 Å². The second kappa shape index (κ2) is 8.22. The number of ketones is 2. The molecule has 1 aromatic rings. The van der Waals surface area contributed by atoms with Gasteiger partial charge in [-0.05, 0) is 18.6 Å². The Morgan fingerprint density at radius 1 is 1.31 bits per heavy atom. The third-order valence-corrected chi connectivity index (χ3v) is 7.02. The summed E-state index contributed by atoms with van der Waals surface area (Å²) in [4.78, 5) is 24.9. The first-order chi connectivity index (χ1) is 12.3. The number of halogens is 1. The van der Waals surface area contributed by atoms with E-state index in [1.54, 1.807) is 13.8 Å². The first-order valence-corrected chi connectivity index (χ1v) is 10.6. The van der Waals surface area contributed by atoms with Crippen molar-refractivity contribution < 1.29 is 23.6 Å². The molecule has 0 unspecified atom stereocenters. The van der Waals surface area contributed by atoms with Crippen LogP contribution in [0.15, 0.2) is 27.8 Å². The predicted octanol–water partition coefficient (Wildman–Crippen LogP) is 4.24. The van der Waals surface area contributed by atoms with Gasteiger partial charge in [0.05, 0.1) is 21.9 Å². The van der Waals surface area contributed by atoms with Crippen LogP contribution in [0.1, 0.15) is 43.5 Å². The number of Topliss-reactive ketones (excluding diaryl/α,β-unsaturated/α-hetero) is 2. The summed E-state index contributed by atoms with van der Waals surface area (Å²) >= 11 is 6.39. The quantitative estimate of drug-likeness (QED) is 0.570. The molecule has 1 aliphatic rings. The molecule has 0 fully saturated rings. The van der Waals surface area contributed by atoms with E-state index in [0.717, 1.165) is 0 Å². The lowest BCUT2D eigenvalue weighted by Gasteiger charge is -2.16. The van der Waals surface area contributed by atoms with Gasteiger partial charge in [0.25, 0.3) is 0 Å². The highest BCUT2D eigenvalue weighted by Crippen LogP contribution is 2.40. The molecule has 0 heterocycles. The molecule has 1 aromatic carbocycles. The summed E-state index contributed by atoms with van der Waals surface area (Å²) in [6.45, 7) is 3.52. The summed E-state index contributed by atoms with van der Waals surface area (Å²) < 4.78 is 22.2. The second-order valence-electron chi connectivity index (χ2n) is 5.85. The lowest BCUT2D eigenvalue weighted by atomic mass is 9.90. The summed E-state index contributed by atoms with van der Waals surface area (Å²) in [5, 5.41) is 9.96. The number of hydrogen-bond acceptors (Lipinski definition) is 6. The molecule has 1 N–H and O–H groups in total. The van der Waals surface area contributed by atoms with Gasteiger partial charge in [0.1, 0.15) is 22.8 Å². The first kappa shape index (κ1) is 20.5. The molecule has 0 atom stereocenters. The number of nitrogens with zero attached hydrogens (tertiary/aromatic N) is 1. The third kappa shape index (κ3) is 3.94. The van der Waals surface area contributed by atoms with Crippen LogP contribution in [0.5, 0.6) is 5.75 Å². The predicted molar refractivity (Wildman–Crippen MR) is 102 cm³/mol. The van der Waals surface area contributed by atoms with Crippen LogP contribution in [0.4, 0.5) is 5.69 Å². The number of aliphatic hydroxyl groups is 1. The van der Waals surface area contributed by atoms with Gasteiger partial charge in [-0.2, -0.15) is 4.36 Å². The van der Waals surface area contributed by atoms with E-state index in [4.69, 9.17) is 16.3 Å². The van der Waals surface area contributed by atoms with E-state index in [1.165, 1.54) is 19.2 Å². The van der Waals surface area contributed by atoms with Gasteiger partial charge in [-0.15, -0.1) is 0 Å². The Bertz CT molecular complexity index is 887. The van der Waals surface area contributed by atoms with Crippen molar-refractivity contribution in [1.82, 2.24) is 0 Å². The Morgan fingerprint density at radius 3 is 2.50 bits per heavy atom. The highest BCUT2D eigenvalue weighted by Gasteiger charge is 2.30. The van der Waals surface area contributed by atoms with Crippen LogP contribution in [0.3, 0.4) is 0 Å². The molecule has 0 saturated carbocycles. The van der Waals surface area contributed by atoms with Gasteiger partial charge in [-0.3, -0.25) is 9.59 Å². The SMILES string of the molecule is CCS(=O)(CC)=Nc1c(OC)ccc(C(=O)C2=C(O)CCCC2=O)c1Cl. The maximum absolute atomic E-state index is 12.8. The van der Waals surface area contributed by atoms with Crippen molar-refractivity contribution in [3.63, 3.8) is 0 Å². The number of ether oxygens (including phenoxy) is 1. The zero-order valence-corrected chi connectivity index (χ0v) is 16.6. The Morgan fingerprint density at radius 2 is 1.96 bits per heavy atom. The fourth-order valence-electron chi connectivity index (χ4n) is 2.69. The molecule has 1 aliphatic carbocycles. The van der Waals surface area contributed by atoms with E-state index in [1.807, 2.05) is 0 Å². The molecule has 8 heteroatoms. The van der Waals surface area contributed by atoms with Gasteiger partial charge in [0.2, 0.25) is 5.78 Å². The molecular formula is C18H22ClNO5S. The van der Waals surface area contributed by atoms with E-state index >= 15 is 0 Å². The van der Waals surface area contributed by atoms with Crippen molar-refractivity contribution in [1.29, 1.82) is 0 Å². The highest BCUT2D eigenvalue weighted by molar-refractivity contribution is 7.93. The summed E-state index contributed by atoms with van der Waals surface area (Å²) in [7, 11) is -1.12. The fraction of sp³-hybridized carbons (Fsp3) is 0.444. The largest absolute Gasteiger partial charge is 0.511 e. The Kier molecular flexibility index (Phi) is 6.47. The maximum Gasteiger partial charge on any atom is 0.201 e. The number of rotatable bonds is 6. The Hall–Kier alpha value is -1.86. The van der Waals surface area contributed by atoms with Gasteiger partial charge in [-0.1, -0.05) is 25.4 Å². The zero-order chi connectivity index (χ0) is 19.5. The van der Waals surface area contributed by atoms with Gasteiger partial charge < -0.3 is 9.84 Å². The molecule has 6 nitrogen and oxygen atoms in total. The molecule has 0 spiro atoms. The zero-order valence-electron chi connectivity index (χ0n) is 15.0. The maximum atomic E-state index is 12.8. The minimum atomic E-state index is -2.54. The van der Waals surface area contributed by atoms with Crippen molar-refractivity contribution >= 4 is 38.6 Å². The first-order valence-electron chi connectivity index (χ1n) is 8.37. The van der Waals surface area contributed by atoms with Crippen molar-refractivity contribution in [2.75, 3.05) is 18.6 Å². The Labute approximate surface area is 158 Å². The van der Waals surface area contributed by atoms with Crippen LogP contribution in [-0.2, 0) is 14.5 Å². The highest BCUT2D eigenvalue weighted by atomic mass is 35.5. The molecule has 0 saturated heterocycles. The fourth-order valence-corrected chi connectivity index (χ4v) is 4.21. The molecule has 0 radical (unpaired) electrons. The molecule has 0 aromatic heterocycles. The van der Waals surface area contributed by atoms with E-state index < -0.39 is 21.3 Å². The molecule has 2 rings (SSSR count). The third-order valence-electron chi connectivity index (χ3n) is 4.32. The molecular weight excluding hydrogens is 378 g/mol. The molecule has 0 aliphatic heterocycles. The van der Waals surface area contributed by atoms with Crippen molar-refractivity contribution in [3.05, 3.63) is 34.1 Å². The summed E-state index contributed by atoms with van der Waals surface area (Å²) in [6.07, 6.45) is 0.986. The number of aliphatic hydroxyl groups excluding tert-OH is 1. The summed E-state index contributed by atoms with van der Waals surface area (Å²) in [5.74, 6) is -0.348. The molecule has 26 heavy (non-hydrogen) atoms. The number of carbonyl (C=O) groups excluding carboxylic acids is 2. The standard InChI is InChI=1S/C18H22ClNO5S/c1-4-26(24,5-2)20-17-14(25-3)10-9-11(16(17)19)18(23)15-12(21)7-6-8-13(15)22/h9-10,21H,4-8H2,1-3H3. The van der Waals surface area contributed by atoms with E-state index in [9.17, 15) is 18.9 Å². The van der Waals surface area contributed by atoms with Crippen LogP contribution in [0, 0.1) is 0 Å². The van der Waals surface area contributed by atoms with Crippen LogP contribution in [-0.4, -0.2) is 39.5 Å². The van der Waals surface area contributed by atoms with Crippen molar-refractivity contribution in [2.24, 2.45) is 4.36 Å². The minimum absolute atomic E-state index is 0.0250. The molecule has 0 bridgehead atoms. The van der Waals surface area contributed by atoms with Gasteiger partial charge in [0, 0.05) is 29.9 Å². The normalized spacial score (nSPS) is 15.2. The number of hydrogen-bond donors (Lipinski definition) is 1. The lowest BCUT2D eigenvalue weighted by Crippen LogP contribution is -2.20. The minimum Gasteiger partial charge on any atom is -0.511 e. The van der Waals surface area contributed by atoms with Crippen molar-refractivity contribution in [2.45, 2.75) is 33.1 Å². The van der Waals surface area contributed by atoms with Gasteiger partial charge >= 0.3 is 0 Å². The number of methoxy groups -OCH3 is 1. The number of allylic oxidation sites excluding steroid dienone is 2. The van der Waals surface area contributed by atoms with Gasteiger partial charge in [0.15, 0.2) is 5.78 Å². The van der Waals surface area contributed by atoms with E-state index in [0.29, 0.717) is 17.9 Å². The number of benzene rings is 1. The van der Waals surface area contributed by atoms with Gasteiger partial charge in [-0.25, -0.2) is 4.21 Å². The van der Waals surface area contributed by atoms with Crippen LogP contribution in [0.2, 0.25) is 5.02 Å². The van der Waals surface area contributed by atoms with Crippen LogP contribution >= 0.6 is 11.6 Å². The smallest absolute Gasteiger partial charge is 0.201 e. The molecule has 0 amide bonds. The van der Waals surface area contributed by atoms with Crippen LogP contribution < -0.4 is 4.74 Å². The number of carbonyl (C=O) groups is 2. The average Bonchev–Trinajstić information content (AvgIpc) is 2.62. The van der Waals surface area contributed by atoms with E-state index in [2.05, 4.69) is 4.36 Å². The average molecular weight is 400 g/mol. The Balaban J connectivity index is 2.67.